The van der Waals surface area contributed by atoms with Gasteiger partial charge in [-0.2, -0.15) is 0 Å². The lowest BCUT2D eigenvalue weighted by atomic mass is 9.97. The Bertz CT molecular complexity index is 204. The van der Waals surface area contributed by atoms with Crippen LogP contribution in [0.4, 0.5) is 0 Å². The molecular weight excluding hydrogens is 164 g/mol. The monoisotopic (exact) mass is 182 g/mol. The van der Waals surface area contributed by atoms with Gasteiger partial charge in [0, 0.05) is 13.2 Å². The molecule has 0 aromatic carbocycles. The smallest absolute Gasteiger partial charge is 0.0577 e. The Kier molecular flexibility index (Phi) is 1.72. The Morgan fingerprint density at radius 3 is 2.85 bits per heavy atom. The first-order valence-electron chi connectivity index (χ1n) is 5.56. The van der Waals surface area contributed by atoms with E-state index in [4.69, 9.17) is 4.74 Å². The van der Waals surface area contributed by atoms with Crippen LogP contribution in [0.25, 0.3) is 0 Å². The highest BCUT2D eigenvalue weighted by Gasteiger charge is 2.64. The molecule has 1 heterocycles. The Morgan fingerprint density at radius 1 is 1.46 bits per heavy atom. The molecule has 0 amide bonds. The van der Waals surface area contributed by atoms with Gasteiger partial charge in [0.15, 0.2) is 0 Å². The third-order valence-corrected chi connectivity index (χ3v) is 4.21. The summed E-state index contributed by atoms with van der Waals surface area (Å²) in [4.78, 5) is 0. The maximum absolute atomic E-state index is 9.97. The normalized spacial score (nSPS) is 42.2. The molecule has 3 unspecified atom stereocenters. The quantitative estimate of drug-likeness (QED) is 0.718. The summed E-state index contributed by atoms with van der Waals surface area (Å²) in [5.41, 5.74) is 0.652. The molecule has 3 aliphatic rings. The highest BCUT2D eigenvalue weighted by molar-refractivity contribution is 5.14. The lowest BCUT2D eigenvalue weighted by Crippen LogP contribution is -2.17. The fourth-order valence-electron chi connectivity index (χ4n) is 2.93. The van der Waals surface area contributed by atoms with Crippen molar-refractivity contribution in [2.45, 2.75) is 38.2 Å². The molecule has 3 atom stereocenters. The first-order valence-corrected chi connectivity index (χ1v) is 5.56. The first kappa shape index (κ1) is 8.25. The average Bonchev–Trinajstić information content (AvgIpc) is 3.00. The van der Waals surface area contributed by atoms with Crippen LogP contribution >= 0.6 is 0 Å². The van der Waals surface area contributed by atoms with Crippen LogP contribution < -0.4 is 0 Å². The molecule has 1 saturated heterocycles. The fourth-order valence-corrected chi connectivity index (χ4v) is 2.93. The highest BCUT2D eigenvalue weighted by atomic mass is 16.5. The van der Waals surface area contributed by atoms with Gasteiger partial charge in [-0.15, -0.1) is 0 Å². The molecule has 3 fully saturated rings. The predicted molar refractivity (Wildman–Crippen MR) is 49.3 cm³/mol. The van der Waals surface area contributed by atoms with Gasteiger partial charge in [-0.3, -0.25) is 0 Å². The second-order valence-electron chi connectivity index (χ2n) is 5.21. The molecule has 2 heteroatoms. The second-order valence-corrected chi connectivity index (χ2v) is 5.21. The molecule has 74 valence electrons. The van der Waals surface area contributed by atoms with E-state index in [1.165, 1.54) is 19.3 Å². The van der Waals surface area contributed by atoms with Crippen molar-refractivity contribution in [1.82, 2.24) is 0 Å². The maximum atomic E-state index is 9.97. The van der Waals surface area contributed by atoms with Gasteiger partial charge < -0.3 is 9.84 Å². The standard InChI is InChI=1S/C11H18O2/c12-10(5-8-1-4-13-7-8)9-6-11(9)2-3-11/h8-10,12H,1-7H2. The Hall–Kier alpha value is -0.0800. The van der Waals surface area contributed by atoms with E-state index in [0.717, 1.165) is 26.1 Å². The van der Waals surface area contributed by atoms with Gasteiger partial charge in [-0.25, -0.2) is 0 Å². The van der Waals surface area contributed by atoms with Crippen molar-refractivity contribution in [3.05, 3.63) is 0 Å². The van der Waals surface area contributed by atoms with Gasteiger partial charge in [0.05, 0.1) is 6.10 Å². The molecule has 0 bridgehead atoms. The van der Waals surface area contributed by atoms with Crippen LogP contribution in [0.2, 0.25) is 0 Å². The third kappa shape index (κ3) is 1.40. The summed E-state index contributed by atoms with van der Waals surface area (Å²) in [6, 6.07) is 0. The minimum absolute atomic E-state index is 0.0193. The topological polar surface area (TPSA) is 29.5 Å². The second kappa shape index (κ2) is 2.71. The molecular formula is C11H18O2. The van der Waals surface area contributed by atoms with E-state index in [-0.39, 0.29) is 6.10 Å². The van der Waals surface area contributed by atoms with E-state index in [0.29, 0.717) is 17.3 Å². The van der Waals surface area contributed by atoms with Crippen molar-refractivity contribution in [2.75, 3.05) is 13.2 Å². The van der Waals surface area contributed by atoms with Crippen molar-refractivity contribution in [2.24, 2.45) is 17.3 Å². The minimum Gasteiger partial charge on any atom is -0.393 e. The van der Waals surface area contributed by atoms with Crippen LogP contribution in [0.15, 0.2) is 0 Å². The Morgan fingerprint density at radius 2 is 2.31 bits per heavy atom. The molecule has 2 saturated carbocycles. The van der Waals surface area contributed by atoms with Crippen molar-refractivity contribution >= 4 is 0 Å². The van der Waals surface area contributed by atoms with Gasteiger partial charge in [0.2, 0.25) is 0 Å². The van der Waals surface area contributed by atoms with Crippen LogP contribution in [0.1, 0.15) is 32.1 Å². The number of rotatable bonds is 3. The molecule has 0 aromatic rings. The largest absolute Gasteiger partial charge is 0.393 e. The summed E-state index contributed by atoms with van der Waals surface area (Å²) >= 11 is 0. The van der Waals surface area contributed by atoms with E-state index in [1.807, 2.05) is 0 Å². The number of hydrogen-bond acceptors (Lipinski definition) is 2. The van der Waals surface area contributed by atoms with Crippen LogP contribution in [0.5, 0.6) is 0 Å². The number of hydrogen-bond donors (Lipinski definition) is 1. The average molecular weight is 182 g/mol. The summed E-state index contributed by atoms with van der Waals surface area (Å²) in [6.07, 6.45) is 6.21. The summed E-state index contributed by atoms with van der Waals surface area (Å²) in [7, 11) is 0. The molecule has 3 rings (SSSR count). The van der Waals surface area contributed by atoms with Gasteiger partial charge in [0.25, 0.3) is 0 Å². The van der Waals surface area contributed by atoms with Crippen molar-refractivity contribution in [3.8, 4) is 0 Å². The Balaban J connectivity index is 1.49. The van der Waals surface area contributed by atoms with Gasteiger partial charge in [0.1, 0.15) is 0 Å². The molecule has 2 aliphatic carbocycles. The zero-order valence-corrected chi connectivity index (χ0v) is 8.04. The number of ether oxygens (including phenoxy) is 1. The van der Waals surface area contributed by atoms with Crippen molar-refractivity contribution < 1.29 is 9.84 Å². The van der Waals surface area contributed by atoms with Crippen molar-refractivity contribution in [1.29, 1.82) is 0 Å². The fraction of sp³-hybridized carbons (Fsp3) is 1.00. The highest BCUT2D eigenvalue weighted by Crippen LogP contribution is 2.72. The van der Waals surface area contributed by atoms with Crippen LogP contribution in [-0.4, -0.2) is 24.4 Å². The van der Waals surface area contributed by atoms with E-state index < -0.39 is 0 Å². The molecule has 2 nitrogen and oxygen atoms in total. The summed E-state index contributed by atoms with van der Waals surface area (Å²) in [5, 5.41) is 9.97. The van der Waals surface area contributed by atoms with Gasteiger partial charge in [-0.05, 0) is 49.4 Å². The summed E-state index contributed by atoms with van der Waals surface area (Å²) in [5.74, 6) is 1.31. The van der Waals surface area contributed by atoms with E-state index >= 15 is 0 Å². The number of aliphatic hydroxyl groups excluding tert-OH is 1. The SMILES string of the molecule is OC(CC1CCOC1)C1CC12CC2. The molecule has 1 N–H and O–H groups in total. The molecule has 0 radical (unpaired) electrons. The maximum Gasteiger partial charge on any atom is 0.0577 e. The summed E-state index contributed by atoms with van der Waals surface area (Å²) in [6.45, 7) is 1.80. The predicted octanol–water partition coefficient (Wildman–Crippen LogP) is 1.57. The molecule has 13 heavy (non-hydrogen) atoms. The van der Waals surface area contributed by atoms with Crippen molar-refractivity contribution in [3.63, 3.8) is 0 Å². The molecule has 1 aliphatic heterocycles. The Labute approximate surface area is 79.3 Å². The summed E-state index contributed by atoms with van der Waals surface area (Å²) < 4.78 is 5.31. The van der Waals surface area contributed by atoms with Gasteiger partial charge >= 0.3 is 0 Å². The lowest BCUT2D eigenvalue weighted by molar-refractivity contribution is 0.105. The van der Waals surface area contributed by atoms with Crippen LogP contribution in [0.3, 0.4) is 0 Å². The zero-order valence-electron chi connectivity index (χ0n) is 8.04. The van der Waals surface area contributed by atoms with E-state index in [9.17, 15) is 5.11 Å². The molecule has 1 spiro atoms. The number of aliphatic hydroxyl groups is 1. The van der Waals surface area contributed by atoms with E-state index in [2.05, 4.69) is 0 Å². The molecule has 0 aromatic heterocycles. The van der Waals surface area contributed by atoms with Gasteiger partial charge in [-0.1, -0.05) is 0 Å². The first-order chi connectivity index (χ1) is 6.30. The zero-order chi connectivity index (χ0) is 8.89. The van der Waals surface area contributed by atoms with E-state index in [1.54, 1.807) is 0 Å². The van der Waals surface area contributed by atoms with Crippen LogP contribution in [0, 0.1) is 17.3 Å². The van der Waals surface area contributed by atoms with Crippen LogP contribution in [-0.2, 0) is 4.74 Å². The third-order valence-electron chi connectivity index (χ3n) is 4.21. The minimum atomic E-state index is -0.0193. The lowest BCUT2D eigenvalue weighted by Gasteiger charge is -2.13.